The van der Waals surface area contributed by atoms with Gasteiger partial charge in [0.2, 0.25) is 5.91 Å². The zero-order valence-corrected chi connectivity index (χ0v) is 12.1. The van der Waals surface area contributed by atoms with Gasteiger partial charge in [0.15, 0.2) is 5.82 Å². The number of carbonyl (C=O) groups is 1. The first-order valence-electron chi connectivity index (χ1n) is 7.28. The number of primary amides is 1. The van der Waals surface area contributed by atoms with Crippen molar-refractivity contribution in [3.63, 3.8) is 0 Å². The van der Waals surface area contributed by atoms with Gasteiger partial charge < -0.3 is 16.6 Å². The number of hydrogen-bond donors (Lipinski definition) is 3. The number of aliphatic hydroxyl groups excluding tert-OH is 1. The predicted molar refractivity (Wildman–Crippen MR) is 80.2 cm³/mol. The molecule has 7 nitrogen and oxygen atoms in total. The first-order valence-corrected chi connectivity index (χ1v) is 7.28. The summed E-state index contributed by atoms with van der Waals surface area (Å²) in [6, 6.07) is 9.30. The molecule has 0 saturated heterocycles. The fourth-order valence-electron chi connectivity index (χ4n) is 2.88. The topological polar surface area (TPSA) is 120 Å². The maximum Gasteiger partial charge on any atom is 0.225 e. The van der Waals surface area contributed by atoms with Crippen LogP contribution in [-0.2, 0) is 11.2 Å². The number of para-hydroxylation sites is 1. The normalized spacial score (nSPS) is 24.5. The van der Waals surface area contributed by atoms with Gasteiger partial charge in [0.05, 0.1) is 18.2 Å². The van der Waals surface area contributed by atoms with Crippen LogP contribution in [0.3, 0.4) is 0 Å². The van der Waals surface area contributed by atoms with Gasteiger partial charge in [0.1, 0.15) is 5.82 Å². The van der Waals surface area contributed by atoms with E-state index in [1.54, 1.807) is 4.68 Å². The lowest BCUT2D eigenvalue weighted by molar-refractivity contribution is -0.117. The minimum Gasteiger partial charge on any atom is -0.391 e. The highest BCUT2D eigenvalue weighted by Crippen LogP contribution is 2.33. The van der Waals surface area contributed by atoms with Crippen molar-refractivity contribution in [2.75, 3.05) is 0 Å². The zero-order chi connectivity index (χ0) is 15.7. The third kappa shape index (κ3) is 2.86. The van der Waals surface area contributed by atoms with Gasteiger partial charge in [-0.25, -0.2) is 9.67 Å². The van der Waals surface area contributed by atoms with Gasteiger partial charge in [-0.2, -0.15) is 5.10 Å². The minimum absolute atomic E-state index is 0.00579. The molecule has 1 aliphatic rings. The number of aromatic nitrogens is 3. The van der Waals surface area contributed by atoms with E-state index >= 15 is 0 Å². The maximum absolute atomic E-state index is 11.1. The Bertz CT molecular complexity index is 660. The predicted octanol–water partition coefficient (Wildman–Crippen LogP) is -0.139. The molecule has 0 radical (unpaired) electrons. The van der Waals surface area contributed by atoms with Gasteiger partial charge in [-0.1, -0.05) is 18.2 Å². The van der Waals surface area contributed by atoms with Crippen molar-refractivity contribution in [1.29, 1.82) is 0 Å². The number of hydrogen-bond acceptors (Lipinski definition) is 5. The van der Waals surface area contributed by atoms with Crippen LogP contribution in [0.15, 0.2) is 30.3 Å². The molecule has 22 heavy (non-hydrogen) atoms. The Balaban J connectivity index is 2.00. The quantitative estimate of drug-likeness (QED) is 0.726. The third-order valence-electron chi connectivity index (χ3n) is 3.95. The number of aliphatic hydroxyl groups is 1. The Labute approximate surface area is 127 Å². The molecular weight excluding hydrogens is 282 g/mol. The largest absolute Gasteiger partial charge is 0.391 e. The summed E-state index contributed by atoms with van der Waals surface area (Å²) in [4.78, 5) is 15.6. The van der Waals surface area contributed by atoms with E-state index in [1.807, 2.05) is 30.3 Å². The van der Waals surface area contributed by atoms with Crippen LogP contribution < -0.4 is 11.5 Å². The molecule has 0 spiro atoms. The number of amides is 1. The van der Waals surface area contributed by atoms with E-state index in [0.29, 0.717) is 18.7 Å². The Morgan fingerprint density at radius 1 is 1.32 bits per heavy atom. The fourth-order valence-corrected chi connectivity index (χ4v) is 2.88. The van der Waals surface area contributed by atoms with E-state index in [-0.39, 0.29) is 18.4 Å². The van der Waals surface area contributed by atoms with E-state index in [2.05, 4.69) is 10.1 Å². The molecule has 1 saturated carbocycles. The summed E-state index contributed by atoms with van der Waals surface area (Å²) in [6.45, 7) is 0. The molecule has 1 fully saturated rings. The highest BCUT2D eigenvalue weighted by Gasteiger charge is 2.34. The molecule has 2 aromatic rings. The zero-order valence-electron chi connectivity index (χ0n) is 12.1. The summed E-state index contributed by atoms with van der Waals surface area (Å²) in [6.07, 6.45) is 0.644. The van der Waals surface area contributed by atoms with Gasteiger partial charge in [0.25, 0.3) is 0 Å². The van der Waals surface area contributed by atoms with Crippen LogP contribution in [-0.4, -0.2) is 37.9 Å². The van der Waals surface area contributed by atoms with Crippen LogP contribution in [0.1, 0.15) is 30.4 Å². The van der Waals surface area contributed by atoms with Gasteiger partial charge in [-0.05, 0) is 25.0 Å². The Morgan fingerprint density at radius 3 is 2.64 bits per heavy atom. The Kier molecular flexibility index (Phi) is 3.91. The molecule has 3 atom stereocenters. The molecule has 3 rings (SSSR count). The average Bonchev–Trinajstić information content (AvgIpc) is 3.04. The number of benzene rings is 1. The van der Waals surface area contributed by atoms with Crippen molar-refractivity contribution in [3.8, 4) is 5.69 Å². The smallest absolute Gasteiger partial charge is 0.225 e. The average molecular weight is 301 g/mol. The summed E-state index contributed by atoms with van der Waals surface area (Å²) >= 11 is 0. The molecule has 0 bridgehead atoms. The Morgan fingerprint density at radius 2 is 2.05 bits per heavy atom. The lowest BCUT2D eigenvalue weighted by atomic mass is 10.1. The molecule has 1 heterocycles. The summed E-state index contributed by atoms with van der Waals surface area (Å²) in [5, 5.41) is 14.3. The van der Waals surface area contributed by atoms with E-state index < -0.39 is 12.0 Å². The molecule has 0 unspecified atom stereocenters. The highest BCUT2D eigenvalue weighted by molar-refractivity contribution is 5.75. The van der Waals surface area contributed by atoms with Gasteiger partial charge in [-0.3, -0.25) is 4.79 Å². The first kappa shape index (κ1) is 14.7. The number of nitrogens with zero attached hydrogens (tertiary/aromatic N) is 3. The monoisotopic (exact) mass is 301 g/mol. The standard InChI is InChI=1S/C15H19N5O2/c16-11-6-9(7-12(11)21)15-18-14(8-13(17)22)19-20(15)10-4-2-1-3-5-10/h1-5,9,11-12,21H,6-8,16H2,(H2,17,22)/t9-,11+,12+/m0/s1. The minimum atomic E-state index is -0.537. The van der Waals surface area contributed by atoms with Crippen molar-refractivity contribution >= 4 is 5.91 Å². The second kappa shape index (κ2) is 5.86. The molecule has 7 heteroatoms. The second-order valence-corrected chi connectivity index (χ2v) is 5.68. The van der Waals surface area contributed by atoms with E-state index in [0.717, 1.165) is 11.5 Å². The molecule has 1 amide bonds. The number of rotatable bonds is 4. The Hall–Kier alpha value is -2.25. The third-order valence-corrected chi connectivity index (χ3v) is 3.95. The molecule has 1 aromatic carbocycles. The van der Waals surface area contributed by atoms with Crippen molar-refractivity contribution in [3.05, 3.63) is 42.0 Å². The summed E-state index contributed by atoms with van der Waals surface area (Å²) in [5.74, 6) is 0.648. The van der Waals surface area contributed by atoms with E-state index in [9.17, 15) is 9.90 Å². The summed E-state index contributed by atoms with van der Waals surface area (Å²) in [7, 11) is 0. The van der Waals surface area contributed by atoms with Crippen LogP contribution in [0.4, 0.5) is 0 Å². The lowest BCUT2D eigenvalue weighted by Crippen LogP contribution is -2.28. The van der Waals surface area contributed by atoms with Gasteiger partial charge in [-0.15, -0.1) is 0 Å². The molecule has 1 aliphatic carbocycles. The molecule has 5 N–H and O–H groups in total. The first-order chi connectivity index (χ1) is 10.5. The number of nitrogens with two attached hydrogens (primary N) is 2. The molecule has 116 valence electrons. The lowest BCUT2D eigenvalue weighted by Gasteiger charge is -2.10. The maximum atomic E-state index is 11.1. The van der Waals surface area contributed by atoms with Crippen molar-refractivity contribution < 1.29 is 9.90 Å². The number of carbonyl (C=O) groups excluding carboxylic acids is 1. The van der Waals surface area contributed by atoms with E-state index in [4.69, 9.17) is 11.5 Å². The molecule has 1 aromatic heterocycles. The van der Waals surface area contributed by atoms with E-state index in [1.165, 1.54) is 0 Å². The highest BCUT2D eigenvalue weighted by atomic mass is 16.3. The molecule has 0 aliphatic heterocycles. The summed E-state index contributed by atoms with van der Waals surface area (Å²) < 4.78 is 1.72. The van der Waals surface area contributed by atoms with Crippen LogP contribution in [0, 0.1) is 0 Å². The molecular formula is C15H19N5O2. The SMILES string of the molecule is NC(=O)Cc1nc([C@H]2C[C@@H](N)[C@H](O)C2)n(-c2ccccc2)n1. The fraction of sp³-hybridized carbons (Fsp3) is 0.400. The van der Waals surface area contributed by atoms with Crippen molar-refractivity contribution in [2.45, 2.75) is 37.3 Å². The van der Waals surface area contributed by atoms with Crippen LogP contribution in [0.25, 0.3) is 5.69 Å². The summed E-state index contributed by atoms with van der Waals surface area (Å²) in [5.41, 5.74) is 12.0. The van der Waals surface area contributed by atoms with Crippen molar-refractivity contribution in [1.82, 2.24) is 14.8 Å². The van der Waals surface area contributed by atoms with Gasteiger partial charge in [0, 0.05) is 12.0 Å². The van der Waals surface area contributed by atoms with Gasteiger partial charge >= 0.3 is 0 Å². The van der Waals surface area contributed by atoms with Crippen LogP contribution >= 0.6 is 0 Å². The van der Waals surface area contributed by atoms with Crippen LogP contribution in [0.2, 0.25) is 0 Å². The van der Waals surface area contributed by atoms with Crippen molar-refractivity contribution in [2.24, 2.45) is 11.5 Å². The van der Waals surface area contributed by atoms with Crippen LogP contribution in [0.5, 0.6) is 0 Å². The second-order valence-electron chi connectivity index (χ2n) is 5.68.